The Bertz CT molecular complexity index is 451. The minimum Gasteiger partial charge on any atom is -0.368 e. The summed E-state index contributed by atoms with van der Waals surface area (Å²) in [6.45, 7) is 2.14. The zero-order valence-corrected chi connectivity index (χ0v) is 10.00. The molecule has 0 fully saturated rings. The molecule has 1 aromatic heterocycles. The van der Waals surface area contributed by atoms with Gasteiger partial charge in [0, 0.05) is 12.7 Å². The van der Waals surface area contributed by atoms with Crippen molar-refractivity contribution in [1.82, 2.24) is 10.3 Å². The van der Waals surface area contributed by atoms with Crippen LogP contribution in [0.25, 0.3) is 0 Å². The number of carbonyl (C=O) groups excluding carboxylic acids is 2. The lowest BCUT2D eigenvalue weighted by molar-refractivity contribution is -0.117. The average Bonchev–Trinajstić information content (AvgIpc) is 2.34. The molecule has 0 saturated carbocycles. The average molecular weight is 254 g/mol. The van der Waals surface area contributed by atoms with E-state index in [1.54, 1.807) is 0 Å². The van der Waals surface area contributed by atoms with E-state index in [1.807, 2.05) is 6.92 Å². The van der Waals surface area contributed by atoms with Crippen LogP contribution in [-0.4, -0.2) is 29.9 Å². The van der Waals surface area contributed by atoms with Crippen LogP contribution in [-0.2, 0) is 4.79 Å². The Labute approximate surface area is 104 Å². The molecule has 7 heteroatoms. The van der Waals surface area contributed by atoms with Gasteiger partial charge in [0.2, 0.25) is 5.91 Å². The quantitative estimate of drug-likeness (QED) is 0.678. The van der Waals surface area contributed by atoms with E-state index in [0.29, 0.717) is 6.54 Å². The maximum Gasteiger partial charge on any atom is 0.254 e. The maximum atomic E-state index is 13.9. The molecule has 0 atom stereocenters. The molecule has 2 amide bonds. The summed E-state index contributed by atoms with van der Waals surface area (Å²) in [6.07, 6.45) is 2.12. The van der Waals surface area contributed by atoms with Crippen molar-refractivity contribution in [2.24, 2.45) is 5.73 Å². The molecule has 0 bridgehead atoms. The minimum atomic E-state index is -0.743. The van der Waals surface area contributed by atoms with E-state index in [1.165, 1.54) is 12.3 Å². The molecule has 0 saturated heterocycles. The summed E-state index contributed by atoms with van der Waals surface area (Å²) < 4.78 is 13.9. The standard InChI is InChI=1S/C11H15FN4O2/c1-2-4-14-10-9(12)7(3-5-15-10)11(18)16-6-8(13)17/h3,5H,2,4,6H2,1H3,(H2,13,17)(H,14,15)(H,16,18). The van der Waals surface area contributed by atoms with E-state index < -0.39 is 17.6 Å². The second-order valence-electron chi connectivity index (χ2n) is 3.60. The zero-order valence-electron chi connectivity index (χ0n) is 10.00. The number of pyridine rings is 1. The molecule has 18 heavy (non-hydrogen) atoms. The van der Waals surface area contributed by atoms with Crippen molar-refractivity contribution in [2.75, 3.05) is 18.4 Å². The number of rotatable bonds is 6. The fourth-order valence-corrected chi connectivity index (χ4v) is 1.25. The van der Waals surface area contributed by atoms with Gasteiger partial charge in [-0.05, 0) is 12.5 Å². The van der Waals surface area contributed by atoms with Gasteiger partial charge in [-0.25, -0.2) is 9.37 Å². The van der Waals surface area contributed by atoms with Gasteiger partial charge in [0.05, 0.1) is 12.1 Å². The van der Waals surface area contributed by atoms with Gasteiger partial charge in [-0.3, -0.25) is 9.59 Å². The first-order chi connectivity index (χ1) is 8.56. The lowest BCUT2D eigenvalue weighted by atomic mass is 10.2. The fraction of sp³-hybridized carbons (Fsp3) is 0.364. The first-order valence-corrected chi connectivity index (χ1v) is 5.51. The van der Waals surface area contributed by atoms with Crippen LogP contribution in [0, 0.1) is 5.82 Å². The molecule has 0 spiro atoms. The second-order valence-corrected chi connectivity index (χ2v) is 3.60. The van der Waals surface area contributed by atoms with Crippen molar-refractivity contribution in [3.63, 3.8) is 0 Å². The highest BCUT2D eigenvalue weighted by Crippen LogP contribution is 2.14. The zero-order chi connectivity index (χ0) is 13.5. The van der Waals surface area contributed by atoms with Crippen LogP contribution >= 0.6 is 0 Å². The highest BCUT2D eigenvalue weighted by atomic mass is 19.1. The van der Waals surface area contributed by atoms with Crippen molar-refractivity contribution in [1.29, 1.82) is 0 Å². The van der Waals surface area contributed by atoms with Crippen molar-refractivity contribution in [2.45, 2.75) is 13.3 Å². The van der Waals surface area contributed by atoms with Gasteiger partial charge < -0.3 is 16.4 Å². The van der Waals surface area contributed by atoms with Gasteiger partial charge >= 0.3 is 0 Å². The third-order valence-electron chi connectivity index (χ3n) is 2.10. The molecule has 1 aromatic rings. The summed E-state index contributed by atoms with van der Waals surface area (Å²) in [5.74, 6) is -2.12. The third-order valence-corrected chi connectivity index (χ3v) is 2.10. The summed E-state index contributed by atoms with van der Waals surface area (Å²) in [5.41, 5.74) is 4.70. The SMILES string of the molecule is CCCNc1nccc(C(=O)NCC(N)=O)c1F. The number of nitrogens with two attached hydrogens (primary N) is 1. The van der Waals surface area contributed by atoms with Crippen LogP contribution in [0.3, 0.4) is 0 Å². The van der Waals surface area contributed by atoms with Crippen LogP contribution in [0.15, 0.2) is 12.3 Å². The molecule has 0 aliphatic heterocycles. The van der Waals surface area contributed by atoms with Gasteiger partial charge in [-0.1, -0.05) is 6.92 Å². The molecule has 0 aliphatic rings. The Balaban J connectivity index is 2.82. The molecule has 4 N–H and O–H groups in total. The number of carbonyl (C=O) groups is 2. The summed E-state index contributed by atoms with van der Waals surface area (Å²) in [4.78, 5) is 25.9. The predicted octanol–water partition coefficient (Wildman–Crippen LogP) is 0.258. The Morgan fingerprint density at radius 2 is 2.22 bits per heavy atom. The summed E-state index contributed by atoms with van der Waals surface area (Å²) in [6, 6.07) is 1.24. The summed E-state index contributed by atoms with van der Waals surface area (Å²) in [5, 5.41) is 4.98. The van der Waals surface area contributed by atoms with Crippen molar-refractivity contribution in [3.8, 4) is 0 Å². The van der Waals surface area contributed by atoms with Gasteiger partial charge in [-0.2, -0.15) is 0 Å². The number of primary amides is 1. The predicted molar refractivity (Wildman–Crippen MR) is 64.5 cm³/mol. The molecular formula is C11H15FN4O2. The van der Waals surface area contributed by atoms with Crippen LogP contribution < -0.4 is 16.4 Å². The van der Waals surface area contributed by atoms with Crippen LogP contribution in [0.2, 0.25) is 0 Å². The summed E-state index contributed by atoms with van der Waals surface area (Å²) >= 11 is 0. The highest BCUT2D eigenvalue weighted by molar-refractivity contribution is 5.97. The number of hydrogen-bond acceptors (Lipinski definition) is 4. The van der Waals surface area contributed by atoms with Gasteiger partial charge in [0.1, 0.15) is 0 Å². The molecule has 1 heterocycles. The topological polar surface area (TPSA) is 97.1 Å². The molecule has 1 rings (SSSR count). The number of amides is 2. The lowest BCUT2D eigenvalue weighted by Crippen LogP contribution is -2.33. The van der Waals surface area contributed by atoms with E-state index in [0.717, 1.165) is 6.42 Å². The van der Waals surface area contributed by atoms with Crippen LogP contribution in [0.5, 0.6) is 0 Å². The van der Waals surface area contributed by atoms with Crippen LogP contribution in [0.1, 0.15) is 23.7 Å². The van der Waals surface area contributed by atoms with E-state index in [4.69, 9.17) is 5.73 Å². The molecule has 0 unspecified atom stereocenters. The Hall–Kier alpha value is -2.18. The van der Waals surface area contributed by atoms with Crippen molar-refractivity contribution < 1.29 is 14.0 Å². The van der Waals surface area contributed by atoms with E-state index in [2.05, 4.69) is 15.6 Å². The first-order valence-electron chi connectivity index (χ1n) is 5.51. The number of halogens is 1. The largest absolute Gasteiger partial charge is 0.368 e. The minimum absolute atomic E-state index is 0.0172. The number of aromatic nitrogens is 1. The Morgan fingerprint density at radius 3 is 2.83 bits per heavy atom. The number of nitrogens with zero attached hydrogens (tertiary/aromatic N) is 1. The molecule has 0 radical (unpaired) electrons. The number of nitrogens with one attached hydrogen (secondary N) is 2. The molecule has 0 aromatic carbocycles. The first kappa shape index (κ1) is 13.9. The van der Waals surface area contributed by atoms with Crippen molar-refractivity contribution >= 4 is 17.6 Å². The maximum absolute atomic E-state index is 13.9. The summed E-state index contributed by atoms with van der Waals surface area (Å²) in [7, 11) is 0. The third kappa shape index (κ3) is 3.69. The van der Waals surface area contributed by atoms with Gasteiger partial charge in [-0.15, -0.1) is 0 Å². The Morgan fingerprint density at radius 1 is 1.50 bits per heavy atom. The van der Waals surface area contributed by atoms with E-state index >= 15 is 0 Å². The van der Waals surface area contributed by atoms with Gasteiger partial charge in [0.25, 0.3) is 5.91 Å². The van der Waals surface area contributed by atoms with Crippen molar-refractivity contribution in [3.05, 3.63) is 23.6 Å². The fourth-order valence-electron chi connectivity index (χ4n) is 1.25. The Kier molecular flexibility index (Phi) is 5.04. The molecule has 0 aliphatic carbocycles. The monoisotopic (exact) mass is 254 g/mol. The number of anilines is 1. The molecular weight excluding hydrogens is 239 g/mol. The normalized spacial score (nSPS) is 9.89. The second kappa shape index (κ2) is 6.53. The highest BCUT2D eigenvalue weighted by Gasteiger charge is 2.15. The van der Waals surface area contributed by atoms with E-state index in [9.17, 15) is 14.0 Å². The van der Waals surface area contributed by atoms with Crippen LogP contribution in [0.4, 0.5) is 10.2 Å². The molecule has 6 nitrogen and oxygen atoms in total. The van der Waals surface area contributed by atoms with Gasteiger partial charge in [0.15, 0.2) is 11.6 Å². The smallest absolute Gasteiger partial charge is 0.254 e. The molecule has 98 valence electrons. The van der Waals surface area contributed by atoms with E-state index in [-0.39, 0.29) is 17.9 Å². The lowest BCUT2D eigenvalue weighted by Gasteiger charge is -2.08. The number of hydrogen-bond donors (Lipinski definition) is 3.